The Kier molecular flexibility index (Phi) is 8.02. The summed E-state index contributed by atoms with van der Waals surface area (Å²) in [6.07, 6.45) is 2.09. The van der Waals surface area contributed by atoms with Crippen LogP contribution in [0.4, 0.5) is 4.39 Å². The summed E-state index contributed by atoms with van der Waals surface area (Å²) >= 11 is 0. The molecule has 2 aromatic carbocycles. The molecule has 1 aliphatic heterocycles. The number of carbonyl (C=O) groups excluding carboxylic acids is 1. The summed E-state index contributed by atoms with van der Waals surface area (Å²) in [6.45, 7) is 6.12. The van der Waals surface area contributed by atoms with Crippen LogP contribution in [-0.2, 0) is 4.74 Å². The van der Waals surface area contributed by atoms with E-state index in [0.29, 0.717) is 31.9 Å². The van der Waals surface area contributed by atoms with E-state index in [2.05, 4.69) is 17.1 Å². The number of carbonyl (C=O) groups is 1. The van der Waals surface area contributed by atoms with Crippen molar-refractivity contribution in [3.8, 4) is 5.75 Å². The number of hydrogen-bond acceptors (Lipinski definition) is 4. The van der Waals surface area contributed by atoms with E-state index >= 15 is 0 Å². The van der Waals surface area contributed by atoms with E-state index in [1.807, 2.05) is 12.1 Å². The van der Waals surface area contributed by atoms with Crippen LogP contribution in [0.2, 0.25) is 0 Å². The van der Waals surface area contributed by atoms with Gasteiger partial charge in [0.1, 0.15) is 11.6 Å². The number of hydrogen-bond donors (Lipinski definition) is 1. The Bertz CT molecular complexity index is 759. The molecule has 1 heterocycles. The topological polar surface area (TPSA) is 50.8 Å². The second-order valence-corrected chi connectivity index (χ2v) is 7.15. The summed E-state index contributed by atoms with van der Waals surface area (Å²) in [7, 11) is 0. The molecule has 0 aromatic heterocycles. The van der Waals surface area contributed by atoms with Crippen molar-refractivity contribution in [2.45, 2.75) is 25.8 Å². The third-order valence-corrected chi connectivity index (χ3v) is 5.08. The van der Waals surface area contributed by atoms with Crippen molar-refractivity contribution in [1.82, 2.24) is 10.2 Å². The summed E-state index contributed by atoms with van der Waals surface area (Å²) in [5.41, 5.74) is 1.57. The number of ether oxygens (including phenoxy) is 2. The zero-order valence-corrected chi connectivity index (χ0v) is 16.9. The SMILES string of the molecule is CCCCOc1ccc(C(=O)NCC(c2ccc(F)cc2)N2CCOCC2)cc1. The first kappa shape index (κ1) is 21.3. The van der Waals surface area contributed by atoms with Gasteiger partial charge in [-0.05, 0) is 48.4 Å². The van der Waals surface area contributed by atoms with Crippen LogP contribution in [0.3, 0.4) is 0 Å². The molecule has 156 valence electrons. The normalized spacial score (nSPS) is 15.7. The van der Waals surface area contributed by atoms with Crippen LogP contribution in [0.1, 0.15) is 41.7 Å². The maximum Gasteiger partial charge on any atom is 0.251 e. The summed E-state index contributed by atoms with van der Waals surface area (Å²) in [4.78, 5) is 14.9. The molecule has 1 N–H and O–H groups in total. The van der Waals surface area contributed by atoms with Crippen molar-refractivity contribution in [3.05, 3.63) is 65.5 Å². The van der Waals surface area contributed by atoms with Gasteiger partial charge in [-0.3, -0.25) is 9.69 Å². The second-order valence-electron chi connectivity index (χ2n) is 7.15. The lowest BCUT2D eigenvalue weighted by atomic mass is 10.0. The number of morpholine rings is 1. The highest BCUT2D eigenvalue weighted by Crippen LogP contribution is 2.22. The Morgan fingerprint density at radius 2 is 1.83 bits per heavy atom. The smallest absolute Gasteiger partial charge is 0.251 e. The molecule has 0 bridgehead atoms. The number of unbranched alkanes of at least 4 members (excludes halogenated alkanes) is 1. The summed E-state index contributed by atoms with van der Waals surface area (Å²) < 4.78 is 24.4. The lowest BCUT2D eigenvalue weighted by Gasteiger charge is -2.35. The Morgan fingerprint density at radius 3 is 2.48 bits per heavy atom. The lowest BCUT2D eigenvalue weighted by Crippen LogP contribution is -2.43. The van der Waals surface area contributed by atoms with Crippen LogP contribution in [0.15, 0.2) is 48.5 Å². The molecule has 1 saturated heterocycles. The first-order valence-corrected chi connectivity index (χ1v) is 10.3. The van der Waals surface area contributed by atoms with Crippen LogP contribution in [0.5, 0.6) is 5.75 Å². The maximum atomic E-state index is 13.3. The van der Waals surface area contributed by atoms with Gasteiger partial charge in [0.2, 0.25) is 0 Å². The van der Waals surface area contributed by atoms with E-state index in [4.69, 9.17) is 9.47 Å². The molecular formula is C23H29FN2O3. The van der Waals surface area contributed by atoms with Crippen LogP contribution >= 0.6 is 0 Å². The van der Waals surface area contributed by atoms with Crippen molar-refractivity contribution in [2.75, 3.05) is 39.5 Å². The van der Waals surface area contributed by atoms with Gasteiger partial charge in [0, 0.05) is 25.2 Å². The van der Waals surface area contributed by atoms with Gasteiger partial charge >= 0.3 is 0 Å². The summed E-state index contributed by atoms with van der Waals surface area (Å²) in [5, 5.41) is 3.03. The molecule has 1 atom stereocenters. The molecule has 1 aliphatic rings. The predicted octanol–water partition coefficient (Wildman–Crippen LogP) is 3.81. The van der Waals surface area contributed by atoms with Gasteiger partial charge in [0.25, 0.3) is 5.91 Å². The molecule has 6 heteroatoms. The van der Waals surface area contributed by atoms with Gasteiger partial charge in [-0.15, -0.1) is 0 Å². The standard InChI is InChI=1S/C23H29FN2O3/c1-2-3-14-29-21-10-6-19(7-11-21)23(27)25-17-22(26-12-15-28-16-13-26)18-4-8-20(24)9-5-18/h4-11,22H,2-3,12-17H2,1H3,(H,25,27). The largest absolute Gasteiger partial charge is 0.494 e. The lowest BCUT2D eigenvalue weighted by molar-refractivity contribution is 0.0162. The number of benzene rings is 2. The maximum absolute atomic E-state index is 13.3. The molecule has 29 heavy (non-hydrogen) atoms. The van der Waals surface area contributed by atoms with Gasteiger partial charge in [0.15, 0.2) is 0 Å². The minimum absolute atomic E-state index is 0.0277. The van der Waals surface area contributed by atoms with Gasteiger partial charge in [-0.1, -0.05) is 25.5 Å². The highest BCUT2D eigenvalue weighted by Gasteiger charge is 2.23. The van der Waals surface area contributed by atoms with Crippen molar-refractivity contribution >= 4 is 5.91 Å². The van der Waals surface area contributed by atoms with Gasteiger partial charge in [-0.25, -0.2) is 4.39 Å². The second kappa shape index (κ2) is 10.9. The third-order valence-electron chi connectivity index (χ3n) is 5.08. The Hall–Kier alpha value is -2.44. The quantitative estimate of drug-likeness (QED) is 0.651. The monoisotopic (exact) mass is 400 g/mol. The molecule has 0 spiro atoms. The molecule has 1 unspecified atom stereocenters. The number of halogens is 1. The highest BCUT2D eigenvalue weighted by atomic mass is 19.1. The van der Waals surface area contributed by atoms with Gasteiger partial charge in [0.05, 0.1) is 25.9 Å². The number of rotatable bonds is 9. The number of nitrogens with zero attached hydrogens (tertiary/aromatic N) is 1. The Labute approximate surface area is 171 Å². The third kappa shape index (κ3) is 6.27. The Balaban J connectivity index is 1.62. The fraction of sp³-hybridized carbons (Fsp3) is 0.435. The minimum atomic E-state index is -0.264. The van der Waals surface area contributed by atoms with E-state index in [9.17, 15) is 9.18 Å². The zero-order chi connectivity index (χ0) is 20.5. The van der Waals surface area contributed by atoms with Crippen LogP contribution in [0.25, 0.3) is 0 Å². The van der Waals surface area contributed by atoms with E-state index in [1.165, 1.54) is 12.1 Å². The molecule has 0 aliphatic carbocycles. The highest BCUT2D eigenvalue weighted by molar-refractivity contribution is 5.94. The average Bonchev–Trinajstić information content (AvgIpc) is 2.76. The van der Waals surface area contributed by atoms with E-state index in [1.54, 1.807) is 24.3 Å². The van der Waals surface area contributed by atoms with Crippen LogP contribution in [-0.4, -0.2) is 50.3 Å². The van der Waals surface area contributed by atoms with E-state index < -0.39 is 0 Å². The van der Waals surface area contributed by atoms with Crippen molar-refractivity contribution < 1.29 is 18.7 Å². The summed E-state index contributed by atoms with van der Waals surface area (Å²) in [5.74, 6) is 0.373. The fourth-order valence-corrected chi connectivity index (χ4v) is 3.36. The molecule has 3 rings (SSSR count). The first-order chi connectivity index (χ1) is 14.2. The first-order valence-electron chi connectivity index (χ1n) is 10.3. The molecule has 0 saturated carbocycles. The number of amides is 1. The van der Waals surface area contributed by atoms with Gasteiger partial charge < -0.3 is 14.8 Å². The van der Waals surface area contributed by atoms with E-state index in [-0.39, 0.29) is 17.8 Å². The fourth-order valence-electron chi connectivity index (χ4n) is 3.36. The van der Waals surface area contributed by atoms with Crippen molar-refractivity contribution in [3.63, 3.8) is 0 Å². The van der Waals surface area contributed by atoms with Crippen LogP contribution < -0.4 is 10.1 Å². The van der Waals surface area contributed by atoms with Crippen LogP contribution in [0, 0.1) is 5.82 Å². The molecule has 1 amide bonds. The van der Waals surface area contributed by atoms with Crippen molar-refractivity contribution in [1.29, 1.82) is 0 Å². The Morgan fingerprint density at radius 1 is 1.14 bits per heavy atom. The van der Waals surface area contributed by atoms with E-state index in [0.717, 1.165) is 37.2 Å². The molecule has 2 aromatic rings. The molecule has 1 fully saturated rings. The molecular weight excluding hydrogens is 371 g/mol. The number of nitrogens with one attached hydrogen (secondary N) is 1. The van der Waals surface area contributed by atoms with Crippen molar-refractivity contribution in [2.24, 2.45) is 0 Å². The predicted molar refractivity (Wildman–Crippen MR) is 111 cm³/mol. The molecule has 5 nitrogen and oxygen atoms in total. The average molecular weight is 400 g/mol. The summed E-state index contributed by atoms with van der Waals surface area (Å²) in [6, 6.07) is 13.7. The van der Waals surface area contributed by atoms with Gasteiger partial charge in [-0.2, -0.15) is 0 Å². The minimum Gasteiger partial charge on any atom is -0.494 e. The molecule has 0 radical (unpaired) electrons. The zero-order valence-electron chi connectivity index (χ0n) is 16.9.